The van der Waals surface area contributed by atoms with Crippen molar-refractivity contribution >= 4 is 23.5 Å². The molecule has 0 amide bonds. The predicted octanol–water partition coefficient (Wildman–Crippen LogP) is 5.21. The Hall–Kier alpha value is -0.940. The Balaban J connectivity index is 1.39. The first kappa shape index (κ1) is 17.5. The van der Waals surface area contributed by atoms with Crippen LogP contribution in [0.1, 0.15) is 30.4 Å². The first-order chi connectivity index (χ1) is 12.3. The first-order valence-electron chi connectivity index (χ1n) is 9.00. The molecule has 132 valence electrons. The van der Waals surface area contributed by atoms with E-state index in [9.17, 15) is 0 Å². The highest BCUT2D eigenvalue weighted by molar-refractivity contribution is 7.99. The predicted molar refractivity (Wildman–Crippen MR) is 106 cm³/mol. The van der Waals surface area contributed by atoms with Crippen LogP contribution in [0.25, 0.3) is 0 Å². The molecule has 2 aliphatic heterocycles. The molecule has 2 aliphatic rings. The van der Waals surface area contributed by atoms with E-state index in [1.54, 1.807) is 0 Å². The van der Waals surface area contributed by atoms with E-state index in [2.05, 4.69) is 55.5 Å². The molecule has 0 aliphatic carbocycles. The summed E-state index contributed by atoms with van der Waals surface area (Å²) in [4.78, 5) is 2.67. The fourth-order valence-corrected chi connectivity index (χ4v) is 4.76. The standard InChI is InChI=1S/C21H24O2S2/c1-2-21(15-3-7-19(8-4-15)24-13-17-11-22-17)16-5-9-20(10-6-16)25-14-18-12-23-18/h3-10,17-18,21H,2,11-14H2,1H3. The van der Waals surface area contributed by atoms with E-state index in [0.29, 0.717) is 18.1 Å². The highest BCUT2D eigenvalue weighted by Gasteiger charge is 2.23. The zero-order valence-electron chi connectivity index (χ0n) is 14.5. The molecular weight excluding hydrogens is 348 g/mol. The molecule has 2 unspecified atom stereocenters. The number of hydrogen-bond donors (Lipinski definition) is 0. The zero-order chi connectivity index (χ0) is 17.1. The van der Waals surface area contributed by atoms with Crippen LogP contribution in [0.15, 0.2) is 58.3 Å². The van der Waals surface area contributed by atoms with Gasteiger partial charge in [0.1, 0.15) is 0 Å². The van der Waals surface area contributed by atoms with Gasteiger partial charge in [-0.05, 0) is 41.8 Å². The molecule has 2 nitrogen and oxygen atoms in total. The fourth-order valence-electron chi connectivity index (χ4n) is 2.96. The third-order valence-corrected chi connectivity index (χ3v) is 6.94. The number of rotatable bonds is 9. The Labute approximate surface area is 158 Å². The second-order valence-electron chi connectivity index (χ2n) is 6.63. The molecule has 4 heteroatoms. The SMILES string of the molecule is CCC(c1ccc(SCC2CO2)cc1)c1ccc(SCC2CO2)cc1. The Bertz CT molecular complexity index is 617. The van der Waals surface area contributed by atoms with E-state index in [1.807, 2.05) is 23.5 Å². The van der Waals surface area contributed by atoms with E-state index >= 15 is 0 Å². The molecule has 2 atom stereocenters. The van der Waals surface area contributed by atoms with Gasteiger partial charge in [0.25, 0.3) is 0 Å². The number of hydrogen-bond acceptors (Lipinski definition) is 4. The minimum absolute atomic E-state index is 0.469. The molecule has 0 saturated carbocycles. The molecule has 0 bridgehead atoms. The van der Waals surface area contributed by atoms with E-state index in [0.717, 1.165) is 31.1 Å². The minimum atomic E-state index is 0.469. The maximum Gasteiger partial charge on any atom is 0.0903 e. The van der Waals surface area contributed by atoms with Crippen LogP contribution in [0, 0.1) is 0 Å². The van der Waals surface area contributed by atoms with Gasteiger partial charge in [0, 0.05) is 27.2 Å². The van der Waals surface area contributed by atoms with Crippen LogP contribution in [0.2, 0.25) is 0 Å². The Morgan fingerprint density at radius 1 is 0.800 bits per heavy atom. The fraction of sp³-hybridized carbons (Fsp3) is 0.429. The third-order valence-electron chi connectivity index (χ3n) is 4.65. The maximum atomic E-state index is 5.28. The molecule has 4 rings (SSSR count). The van der Waals surface area contributed by atoms with Crippen molar-refractivity contribution in [2.45, 2.75) is 41.3 Å². The van der Waals surface area contributed by atoms with Crippen molar-refractivity contribution in [2.24, 2.45) is 0 Å². The van der Waals surface area contributed by atoms with Crippen molar-refractivity contribution < 1.29 is 9.47 Å². The van der Waals surface area contributed by atoms with E-state index in [1.165, 1.54) is 20.9 Å². The number of ether oxygens (including phenoxy) is 2. The second kappa shape index (κ2) is 8.17. The second-order valence-corrected chi connectivity index (χ2v) is 8.82. The van der Waals surface area contributed by atoms with Crippen LogP contribution >= 0.6 is 23.5 Å². The molecule has 0 aromatic heterocycles. The van der Waals surface area contributed by atoms with Gasteiger partial charge >= 0.3 is 0 Å². The lowest BCUT2D eigenvalue weighted by molar-refractivity contribution is 0.426. The van der Waals surface area contributed by atoms with Crippen LogP contribution in [0.3, 0.4) is 0 Å². The highest BCUT2D eigenvalue weighted by atomic mass is 32.2. The van der Waals surface area contributed by atoms with Crippen molar-refractivity contribution in [3.8, 4) is 0 Å². The molecule has 25 heavy (non-hydrogen) atoms. The van der Waals surface area contributed by atoms with Gasteiger partial charge in [-0.25, -0.2) is 0 Å². The lowest BCUT2D eigenvalue weighted by atomic mass is 9.89. The molecule has 0 spiro atoms. The molecule has 0 N–H and O–H groups in total. The van der Waals surface area contributed by atoms with Crippen molar-refractivity contribution in [3.05, 3.63) is 59.7 Å². The molecule has 2 saturated heterocycles. The van der Waals surface area contributed by atoms with Crippen molar-refractivity contribution in [2.75, 3.05) is 24.7 Å². The topological polar surface area (TPSA) is 25.1 Å². The van der Waals surface area contributed by atoms with Crippen LogP contribution in [0.5, 0.6) is 0 Å². The lowest BCUT2D eigenvalue weighted by Crippen LogP contribution is -2.00. The third kappa shape index (κ3) is 5.04. The molecule has 0 radical (unpaired) electrons. The Morgan fingerprint density at radius 2 is 1.20 bits per heavy atom. The normalized spacial score (nSPS) is 22.6. The summed E-state index contributed by atoms with van der Waals surface area (Å²) in [6.45, 7) is 4.14. The molecule has 2 aromatic carbocycles. The quantitative estimate of drug-likeness (QED) is 0.446. The number of thioether (sulfide) groups is 2. The van der Waals surface area contributed by atoms with Gasteiger partial charge < -0.3 is 9.47 Å². The average molecular weight is 373 g/mol. The van der Waals surface area contributed by atoms with Gasteiger partial charge in [-0.2, -0.15) is 0 Å². The average Bonchev–Trinajstić information content (AvgIpc) is 3.56. The van der Waals surface area contributed by atoms with Crippen molar-refractivity contribution in [1.29, 1.82) is 0 Å². The number of benzene rings is 2. The monoisotopic (exact) mass is 372 g/mol. The molecule has 2 fully saturated rings. The zero-order valence-corrected chi connectivity index (χ0v) is 16.2. The Morgan fingerprint density at radius 3 is 1.52 bits per heavy atom. The smallest absolute Gasteiger partial charge is 0.0903 e. The van der Waals surface area contributed by atoms with Gasteiger partial charge in [-0.3, -0.25) is 0 Å². The van der Waals surface area contributed by atoms with Crippen LogP contribution in [-0.4, -0.2) is 36.9 Å². The first-order valence-corrected chi connectivity index (χ1v) is 11.0. The molecular formula is C21H24O2S2. The summed E-state index contributed by atoms with van der Waals surface area (Å²) < 4.78 is 10.6. The van der Waals surface area contributed by atoms with Crippen molar-refractivity contribution in [3.63, 3.8) is 0 Å². The van der Waals surface area contributed by atoms with Gasteiger partial charge in [0.05, 0.1) is 25.4 Å². The van der Waals surface area contributed by atoms with Gasteiger partial charge in [0.15, 0.2) is 0 Å². The summed E-state index contributed by atoms with van der Waals surface area (Å²) in [5.41, 5.74) is 2.81. The van der Waals surface area contributed by atoms with Gasteiger partial charge in [-0.1, -0.05) is 31.2 Å². The molecule has 2 aromatic rings. The maximum absolute atomic E-state index is 5.28. The summed E-state index contributed by atoms with van der Waals surface area (Å²) in [6.07, 6.45) is 2.08. The van der Waals surface area contributed by atoms with Crippen molar-refractivity contribution in [1.82, 2.24) is 0 Å². The lowest BCUT2D eigenvalue weighted by Gasteiger charge is -2.17. The van der Waals surface area contributed by atoms with Crippen LogP contribution in [0.4, 0.5) is 0 Å². The largest absolute Gasteiger partial charge is 0.372 e. The summed E-state index contributed by atoms with van der Waals surface area (Å²) in [7, 11) is 0. The minimum Gasteiger partial charge on any atom is -0.372 e. The Kier molecular flexibility index (Phi) is 5.71. The van der Waals surface area contributed by atoms with Crippen LogP contribution in [-0.2, 0) is 9.47 Å². The van der Waals surface area contributed by atoms with E-state index in [4.69, 9.17) is 9.47 Å². The van der Waals surface area contributed by atoms with Crippen LogP contribution < -0.4 is 0 Å². The van der Waals surface area contributed by atoms with E-state index < -0.39 is 0 Å². The number of epoxide rings is 2. The summed E-state index contributed by atoms with van der Waals surface area (Å²) in [5.74, 6) is 2.61. The summed E-state index contributed by atoms with van der Waals surface area (Å²) in [5, 5.41) is 0. The van der Waals surface area contributed by atoms with Gasteiger partial charge in [0.2, 0.25) is 0 Å². The highest BCUT2D eigenvalue weighted by Crippen LogP contribution is 2.32. The van der Waals surface area contributed by atoms with Gasteiger partial charge in [-0.15, -0.1) is 23.5 Å². The van der Waals surface area contributed by atoms with E-state index in [-0.39, 0.29) is 0 Å². The summed E-state index contributed by atoms with van der Waals surface area (Å²) >= 11 is 3.78. The molecule has 2 heterocycles. The summed E-state index contributed by atoms with van der Waals surface area (Å²) in [6, 6.07) is 18.2.